The topological polar surface area (TPSA) is 73.8 Å². The summed E-state index contributed by atoms with van der Waals surface area (Å²) in [6.07, 6.45) is 0. The lowest BCUT2D eigenvalue weighted by molar-refractivity contribution is 0.421. The molecule has 0 saturated heterocycles. The largest absolute Gasteiger partial charge is 0.321 e. The second-order valence-electron chi connectivity index (χ2n) is 5.94. The van der Waals surface area contributed by atoms with Crippen molar-refractivity contribution >= 4 is 11.6 Å². The molecule has 4 aromatic rings. The van der Waals surface area contributed by atoms with Crippen LogP contribution in [-0.4, -0.2) is 19.9 Å². The van der Waals surface area contributed by atoms with E-state index in [4.69, 9.17) is 16.1 Å². The van der Waals surface area contributed by atoms with E-state index in [-0.39, 0.29) is 28.7 Å². The van der Waals surface area contributed by atoms with Gasteiger partial charge in [-0.15, -0.1) is 0 Å². The summed E-state index contributed by atoms with van der Waals surface area (Å²) in [5.74, 6) is -1.13. The fourth-order valence-corrected chi connectivity index (χ4v) is 2.84. The fraction of sp³-hybridized carbons (Fsp3) is 0.0526. The molecule has 0 atom stereocenters. The molecule has 0 spiro atoms. The minimum Gasteiger partial charge on any atom is -0.321 e. The van der Waals surface area contributed by atoms with Crippen LogP contribution in [0.15, 0.2) is 63.9 Å². The maximum absolute atomic E-state index is 13.5. The van der Waals surface area contributed by atoms with Crippen LogP contribution in [-0.2, 0) is 6.54 Å². The van der Waals surface area contributed by atoms with Gasteiger partial charge in [-0.1, -0.05) is 23.4 Å². The van der Waals surface area contributed by atoms with Gasteiger partial charge in [0.15, 0.2) is 0 Å². The second kappa shape index (κ2) is 7.32. The van der Waals surface area contributed by atoms with Gasteiger partial charge in [-0.25, -0.2) is 13.5 Å². The average molecular weight is 401 g/mol. The van der Waals surface area contributed by atoms with Gasteiger partial charge >= 0.3 is 5.35 Å². The van der Waals surface area contributed by atoms with E-state index in [1.165, 1.54) is 16.8 Å². The standard InChI is InChI=1S/C19H11ClF2N4O2/c20-19-23-18(25-28-19)12-3-1-2-11(6-12)10-26-17(27)5-4-16(24-26)13-7-14(21)9-15(22)8-13/h1-9H,10H2. The first-order valence-electron chi connectivity index (χ1n) is 8.11. The summed E-state index contributed by atoms with van der Waals surface area (Å²) < 4.78 is 32.9. The zero-order chi connectivity index (χ0) is 19.7. The molecule has 0 aliphatic heterocycles. The molecule has 2 aromatic carbocycles. The Bertz CT molecular complexity index is 1200. The number of halogens is 3. The Balaban J connectivity index is 1.68. The van der Waals surface area contributed by atoms with Gasteiger partial charge in [-0.05, 0) is 41.4 Å². The molecule has 0 N–H and O–H groups in total. The van der Waals surface area contributed by atoms with Gasteiger partial charge in [0.25, 0.3) is 5.56 Å². The minimum absolute atomic E-state index is 0.0756. The highest BCUT2D eigenvalue weighted by atomic mass is 35.5. The van der Waals surface area contributed by atoms with Crippen molar-refractivity contribution in [1.29, 1.82) is 0 Å². The first kappa shape index (κ1) is 18.0. The molecular weight excluding hydrogens is 390 g/mol. The number of rotatable bonds is 4. The van der Waals surface area contributed by atoms with Crippen LogP contribution in [0.1, 0.15) is 5.56 Å². The second-order valence-corrected chi connectivity index (χ2v) is 6.27. The van der Waals surface area contributed by atoms with Gasteiger partial charge in [0.1, 0.15) is 11.6 Å². The van der Waals surface area contributed by atoms with Crippen molar-refractivity contribution in [2.75, 3.05) is 0 Å². The number of benzene rings is 2. The first-order chi connectivity index (χ1) is 13.5. The summed E-state index contributed by atoms with van der Waals surface area (Å²) in [5, 5.41) is 7.90. The van der Waals surface area contributed by atoms with Crippen LogP contribution in [0.5, 0.6) is 0 Å². The highest BCUT2D eigenvalue weighted by Gasteiger charge is 2.10. The molecule has 0 fully saturated rings. The maximum Gasteiger partial charge on any atom is 0.320 e. The number of hydrogen-bond donors (Lipinski definition) is 0. The smallest absolute Gasteiger partial charge is 0.320 e. The quantitative estimate of drug-likeness (QED) is 0.518. The predicted octanol–water partition coefficient (Wildman–Crippen LogP) is 3.94. The minimum atomic E-state index is -0.721. The van der Waals surface area contributed by atoms with Crippen molar-refractivity contribution in [3.63, 3.8) is 0 Å². The van der Waals surface area contributed by atoms with Crippen LogP contribution in [0.25, 0.3) is 22.6 Å². The Morgan fingerprint density at radius 3 is 2.50 bits per heavy atom. The third-order valence-electron chi connectivity index (χ3n) is 3.94. The molecule has 0 amide bonds. The summed E-state index contributed by atoms with van der Waals surface area (Å²) in [7, 11) is 0. The Morgan fingerprint density at radius 2 is 1.79 bits per heavy atom. The van der Waals surface area contributed by atoms with Crippen LogP contribution in [0.2, 0.25) is 5.35 Å². The molecule has 9 heteroatoms. The SMILES string of the molecule is O=c1ccc(-c2cc(F)cc(F)c2)nn1Cc1cccc(-c2noc(Cl)n2)c1. The Labute approximate surface area is 162 Å². The van der Waals surface area contributed by atoms with Gasteiger partial charge in [-0.3, -0.25) is 4.79 Å². The Kier molecular flexibility index (Phi) is 4.70. The van der Waals surface area contributed by atoms with Crippen LogP contribution < -0.4 is 5.56 Å². The molecule has 0 radical (unpaired) electrons. The predicted molar refractivity (Wildman–Crippen MR) is 97.7 cm³/mol. The van der Waals surface area contributed by atoms with E-state index in [9.17, 15) is 13.6 Å². The van der Waals surface area contributed by atoms with Gasteiger partial charge in [0, 0.05) is 23.3 Å². The van der Waals surface area contributed by atoms with E-state index < -0.39 is 11.6 Å². The zero-order valence-electron chi connectivity index (χ0n) is 14.1. The molecule has 2 heterocycles. The normalized spacial score (nSPS) is 11.0. The van der Waals surface area contributed by atoms with Gasteiger partial charge in [0.05, 0.1) is 12.2 Å². The molecule has 0 aliphatic carbocycles. The first-order valence-corrected chi connectivity index (χ1v) is 8.49. The van der Waals surface area contributed by atoms with Crippen LogP contribution >= 0.6 is 11.6 Å². The Hall–Kier alpha value is -3.39. The molecule has 6 nitrogen and oxygen atoms in total. The number of hydrogen-bond acceptors (Lipinski definition) is 5. The molecule has 0 aliphatic rings. The van der Waals surface area contributed by atoms with Gasteiger partial charge < -0.3 is 4.52 Å². The molecule has 0 saturated carbocycles. The van der Waals surface area contributed by atoms with Gasteiger partial charge in [-0.2, -0.15) is 10.1 Å². The van der Waals surface area contributed by atoms with E-state index >= 15 is 0 Å². The number of nitrogens with zero attached hydrogens (tertiary/aromatic N) is 4. The lowest BCUT2D eigenvalue weighted by Crippen LogP contribution is -2.22. The van der Waals surface area contributed by atoms with Crippen LogP contribution in [0.4, 0.5) is 8.78 Å². The lowest BCUT2D eigenvalue weighted by atomic mass is 10.1. The van der Waals surface area contributed by atoms with E-state index in [0.29, 0.717) is 11.4 Å². The van der Waals surface area contributed by atoms with E-state index in [0.717, 1.165) is 23.8 Å². The summed E-state index contributed by atoms with van der Waals surface area (Å²) in [4.78, 5) is 16.1. The van der Waals surface area contributed by atoms with E-state index in [1.54, 1.807) is 24.3 Å². The van der Waals surface area contributed by atoms with Crippen LogP contribution in [0, 0.1) is 11.6 Å². The number of aromatic nitrogens is 4. The molecule has 28 heavy (non-hydrogen) atoms. The van der Waals surface area contributed by atoms with E-state index in [1.807, 2.05) is 0 Å². The summed E-state index contributed by atoms with van der Waals surface area (Å²) in [6, 6.07) is 12.9. The van der Waals surface area contributed by atoms with Crippen LogP contribution in [0.3, 0.4) is 0 Å². The van der Waals surface area contributed by atoms with Crippen molar-refractivity contribution < 1.29 is 13.3 Å². The summed E-state index contributed by atoms with van der Waals surface area (Å²) >= 11 is 5.65. The third-order valence-corrected chi connectivity index (χ3v) is 4.10. The molecule has 0 unspecified atom stereocenters. The molecular formula is C19H11ClF2N4O2. The van der Waals surface area contributed by atoms with Crippen molar-refractivity contribution in [1.82, 2.24) is 19.9 Å². The lowest BCUT2D eigenvalue weighted by Gasteiger charge is -2.08. The van der Waals surface area contributed by atoms with Crippen molar-refractivity contribution in [2.45, 2.75) is 6.54 Å². The summed E-state index contributed by atoms with van der Waals surface area (Å²) in [6.45, 7) is 0.143. The monoisotopic (exact) mass is 400 g/mol. The maximum atomic E-state index is 13.5. The molecule has 0 bridgehead atoms. The van der Waals surface area contributed by atoms with Crippen molar-refractivity contribution in [3.8, 4) is 22.6 Å². The Morgan fingerprint density at radius 1 is 1.00 bits per heavy atom. The zero-order valence-corrected chi connectivity index (χ0v) is 14.9. The van der Waals surface area contributed by atoms with Gasteiger partial charge in [0.2, 0.25) is 5.82 Å². The average Bonchev–Trinajstić information content (AvgIpc) is 3.09. The molecule has 2 aromatic heterocycles. The highest BCUT2D eigenvalue weighted by molar-refractivity contribution is 6.27. The third kappa shape index (κ3) is 3.81. The fourth-order valence-electron chi connectivity index (χ4n) is 2.72. The highest BCUT2D eigenvalue weighted by Crippen LogP contribution is 2.20. The van der Waals surface area contributed by atoms with Crippen molar-refractivity contribution in [3.05, 3.63) is 87.5 Å². The van der Waals surface area contributed by atoms with Crippen molar-refractivity contribution in [2.24, 2.45) is 0 Å². The molecule has 140 valence electrons. The molecule has 4 rings (SSSR count). The van der Waals surface area contributed by atoms with E-state index in [2.05, 4.69) is 15.2 Å². The summed E-state index contributed by atoms with van der Waals surface area (Å²) in [5.41, 5.74) is 1.56.